The van der Waals surface area contributed by atoms with Crippen molar-refractivity contribution in [1.82, 2.24) is 25.7 Å². The first-order valence-electron chi connectivity index (χ1n) is 11.3. The molecule has 2 amide bonds. The summed E-state index contributed by atoms with van der Waals surface area (Å²) in [5.74, 6) is -0.521. The average molecular weight is 569 g/mol. The van der Waals surface area contributed by atoms with Crippen LogP contribution < -0.4 is 10.6 Å². The van der Waals surface area contributed by atoms with Crippen LogP contribution in [0.4, 0.5) is 13.2 Å². The molecule has 1 aromatic carbocycles. The number of halogens is 6. The first-order valence-corrected chi connectivity index (χ1v) is 12.4. The lowest BCUT2D eigenvalue weighted by Crippen LogP contribution is -2.63. The van der Waals surface area contributed by atoms with Gasteiger partial charge in [0, 0.05) is 30.6 Å². The molecule has 36 heavy (non-hydrogen) atoms. The summed E-state index contributed by atoms with van der Waals surface area (Å²) < 4.78 is 41.7. The van der Waals surface area contributed by atoms with Crippen LogP contribution in [0.5, 0.6) is 0 Å². The summed E-state index contributed by atoms with van der Waals surface area (Å²) in [6, 6.07) is 4.37. The van der Waals surface area contributed by atoms with Gasteiger partial charge in [-0.25, -0.2) is 0 Å². The second-order valence-electron chi connectivity index (χ2n) is 8.94. The van der Waals surface area contributed by atoms with Crippen molar-refractivity contribution in [2.24, 2.45) is 0 Å². The highest BCUT2D eigenvalue weighted by Crippen LogP contribution is 2.39. The molecule has 0 unspecified atom stereocenters. The van der Waals surface area contributed by atoms with Crippen LogP contribution in [0, 0.1) is 0 Å². The summed E-state index contributed by atoms with van der Waals surface area (Å²) in [4.78, 5) is 30.8. The Kier molecular flexibility index (Phi) is 8.04. The van der Waals surface area contributed by atoms with E-state index < -0.39 is 27.3 Å². The van der Waals surface area contributed by atoms with Gasteiger partial charge in [0.15, 0.2) is 5.82 Å². The van der Waals surface area contributed by atoms with Gasteiger partial charge < -0.3 is 15.2 Å². The maximum Gasteiger partial charge on any atom is 0.416 e. The minimum Gasteiger partial charge on any atom is -0.349 e. The van der Waals surface area contributed by atoms with Crippen molar-refractivity contribution in [3.8, 4) is 0 Å². The third kappa shape index (κ3) is 6.62. The molecular formula is C22H23Cl3F3N5O3. The third-order valence-corrected chi connectivity index (χ3v) is 6.88. The van der Waals surface area contributed by atoms with Gasteiger partial charge in [-0.15, -0.1) is 0 Å². The molecule has 1 aromatic heterocycles. The number of carbonyl (C=O) groups is 2. The maximum atomic E-state index is 12.8. The van der Waals surface area contributed by atoms with Crippen LogP contribution in [-0.4, -0.2) is 58.6 Å². The number of hydrogen-bond acceptors (Lipinski definition) is 6. The SMILES string of the molecule is O=C(CNC(=O)c1cccc(C(F)(F)F)c1)NC1CN(C2CCC(c3noc(C(Cl)(Cl)Cl)n3)CC2)C1. The van der Waals surface area contributed by atoms with E-state index in [1.54, 1.807) is 0 Å². The molecule has 1 saturated heterocycles. The van der Waals surface area contributed by atoms with Crippen molar-refractivity contribution < 1.29 is 27.3 Å². The highest BCUT2D eigenvalue weighted by molar-refractivity contribution is 6.66. The first-order chi connectivity index (χ1) is 16.9. The van der Waals surface area contributed by atoms with Gasteiger partial charge in [-0.1, -0.05) is 46.0 Å². The summed E-state index contributed by atoms with van der Waals surface area (Å²) in [6.07, 6.45) is -0.978. The van der Waals surface area contributed by atoms with Crippen molar-refractivity contribution >= 4 is 46.6 Å². The van der Waals surface area contributed by atoms with Gasteiger partial charge in [-0.05, 0) is 43.9 Å². The van der Waals surface area contributed by atoms with E-state index in [-0.39, 0.29) is 30.0 Å². The van der Waals surface area contributed by atoms with Gasteiger partial charge >= 0.3 is 6.18 Å². The topological polar surface area (TPSA) is 100 Å². The van der Waals surface area contributed by atoms with Gasteiger partial charge in [0.1, 0.15) is 0 Å². The fourth-order valence-electron chi connectivity index (χ4n) is 4.50. The highest BCUT2D eigenvalue weighted by atomic mass is 35.6. The Morgan fingerprint density at radius 2 is 1.81 bits per heavy atom. The van der Waals surface area contributed by atoms with Crippen molar-refractivity contribution in [3.63, 3.8) is 0 Å². The Hall–Kier alpha value is -2.08. The predicted octanol–water partition coefficient (Wildman–Crippen LogP) is 4.17. The molecule has 2 aromatic rings. The molecule has 0 radical (unpaired) electrons. The number of nitrogens with zero attached hydrogens (tertiary/aromatic N) is 3. The van der Waals surface area contributed by atoms with Crippen molar-refractivity contribution in [3.05, 3.63) is 47.1 Å². The molecule has 1 aliphatic heterocycles. The maximum absolute atomic E-state index is 12.8. The van der Waals surface area contributed by atoms with Crippen LogP contribution in [0.15, 0.2) is 28.8 Å². The minimum atomic E-state index is -4.55. The highest BCUT2D eigenvalue weighted by Gasteiger charge is 2.37. The second kappa shape index (κ2) is 10.7. The number of aromatic nitrogens is 2. The van der Waals surface area contributed by atoms with Crippen LogP contribution in [-0.2, 0) is 14.8 Å². The van der Waals surface area contributed by atoms with E-state index in [1.807, 2.05) is 0 Å². The Labute approximate surface area is 219 Å². The Morgan fingerprint density at radius 3 is 2.42 bits per heavy atom. The number of nitrogens with one attached hydrogen (secondary N) is 2. The van der Waals surface area contributed by atoms with Crippen molar-refractivity contribution in [1.29, 1.82) is 0 Å². The van der Waals surface area contributed by atoms with Gasteiger partial charge in [0.25, 0.3) is 15.6 Å². The number of benzene rings is 1. The lowest BCUT2D eigenvalue weighted by atomic mass is 9.83. The molecule has 4 rings (SSSR count). The molecule has 1 saturated carbocycles. The summed E-state index contributed by atoms with van der Waals surface area (Å²) in [5, 5.41) is 9.13. The molecule has 8 nitrogen and oxygen atoms in total. The molecule has 2 aliphatic rings. The fraction of sp³-hybridized carbons (Fsp3) is 0.545. The molecular weight excluding hydrogens is 546 g/mol. The van der Waals surface area contributed by atoms with E-state index in [0.717, 1.165) is 43.9 Å². The first kappa shape index (κ1) is 27.0. The summed E-state index contributed by atoms with van der Waals surface area (Å²) in [6.45, 7) is 1.04. The molecule has 2 N–H and O–H groups in total. The van der Waals surface area contributed by atoms with E-state index in [0.29, 0.717) is 25.0 Å². The zero-order valence-electron chi connectivity index (χ0n) is 18.8. The van der Waals surface area contributed by atoms with Crippen LogP contribution in [0.1, 0.15) is 59.2 Å². The number of rotatable bonds is 6. The summed E-state index contributed by atoms with van der Waals surface area (Å²) in [5.41, 5.74) is -1.08. The van der Waals surface area contributed by atoms with Crippen LogP contribution in [0.3, 0.4) is 0 Å². The monoisotopic (exact) mass is 567 g/mol. The molecule has 196 valence electrons. The minimum absolute atomic E-state index is 0.0445. The molecule has 2 fully saturated rings. The second-order valence-corrected chi connectivity index (χ2v) is 11.2. The predicted molar refractivity (Wildman–Crippen MR) is 126 cm³/mol. The molecule has 2 heterocycles. The van der Waals surface area contributed by atoms with Crippen LogP contribution in [0.2, 0.25) is 0 Å². The number of hydrogen-bond donors (Lipinski definition) is 2. The number of carbonyl (C=O) groups excluding carboxylic acids is 2. The van der Waals surface area contributed by atoms with Crippen LogP contribution in [0.25, 0.3) is 0 Å². The molecule has 0 spiro atoms. The summed E-state index contributed by atoms with van der Waals surface area (Å²) in [7, 11) is 0. The lowest BCUT2D eigenvalue weighted by molar-refractivity contribution is -0.137. The smallest absolute Gasteiger partial charge is 0.349 e. The Morgan fingerprint density at radius 1 is 1.11 bits per heavy atom. The van der Waals surface area contributed by atoms with E-state index in [2.05, 4.69) is 25.7 Å². The van der Waals surface area contributed by atoms with E-state index in [9.17, 15) is 22.8 Å². The average Bonchev–Trinajstić information content (AvgIpc) is 3.30. The Balaban J connectivity index is 1.16. The Bertz CT molecular complexity index is 1090. The standard InChI is InChI=1S/C22H23Cl3F3N5O3/c23-21(24,25)20-31-18(32-36-20)12-4-6-16(7-5-12)33-10-15(11-33)30-17(34)9-29-19(35)13-2-1-3-14(8-13)22(26,27)28/h1-3,8,12,15-16H,4-7,9-11H2,(H,29,35)(H,30,34). The fourth-order valence-corrected chi connectivity index (χ4v) is 4.73. The van der Waals surface area contributed by atoms with Crippen molar-refractivity contribution in [2.45, 2.75) is 53.7 Å². The molecule has 14 heteroatoms. The van der Waals surface area contributed by atoms with Crippen molar-refractivity contribution in [2.75, 3.05) is 19.6 Å². The van der Waals surface area contributed by atoms with E-state index in [4.69, 9.17) is 39.3 Å². The third-order valence-electron chi connectivity index (χ3n) is 6.40. The molecule has 1 aliphatic carbocycles. The summed E-state index contributed by atoms with van der Waals surface area (Å²) >= 11 is 17.3. The van der Waals surface area contributed by atoms with E-state index in [1.165, 1.54) is 6.07 Å². The van der Waals surface area contributed by atoms with Crippen LogP contribution >= 0.6 is 34.8 Å². The number of alkyl halides is 6. The quantitative estimate of drug-likeness (QED) is 0.508. The number of likely N-dealkylation sites (tertiary alicyclic amines) is 1. The zero-order chi connectivity index (χ0) is 26.1. The van der Waals surface area contributed by atoms with Gasteiger partial charge in [0.05, 0.1) is 18.2 Å². The van der Waals surface area contributed by atoms with Gasteiger partial charge in [-0.3, -0.25) is 14.5 Å². The largest absolute Gasteiger partial charge is 0.416 e. The van der Waals surface area contributed by atoms with Gasteiger partial charge in [-0.2, -0.15) is 18.2 Å². The number of amides is 2. The zero-order valence-corrected chi connectivity index (χ0v) is 21.1. The molecule has 0 atom stereocenters. The van der Waals surface area contributed by atoms with E-state index >= 15 is 0 Å². The normalized spacial score (nSPS) is 21.6. The lowest BCUT2D eigenvalue weighted by Gasteiger charge is -2.46. The van der Waals surface area contributed by atoms with Gasteiger partial charge in [0.2, 0.25) is 5.91 Å². The molecule has 0 bridgehead atoms.